The molecule has 8 aromatic carbocycles. The standard InChI is InChI=1S/C52H34N4/c1-33-12-11-13-34(2)51(33)56-48-19-10-9-18-43(48)47-30-42(29-44(52(47)56)41-25-35(31-53)24-36(26-41)32-54)55-49-22-20-39(37-14-5-3-6-15-37)27-45(49)46-28-40(21-23-50(46)55)38-16-7-4-8-17-38/h3-30H,1-2H3. The predicted molar refractivity (Wildman–Crippen MR) is 230 cm³/mol. The van der Waals surface area contributed by atoms with Crippen molar-refractivity contribution in [3.05, 3.63) is 192 Å². The second-order valence-corrected chi connectivity index (χ2v) is 14.5. The summed E-state index contributed by atoms with van der Waals surface area (Å²) in [5.74, 6) is 0. The molecular formula is C52H34N4. The lowest BCUT2D eigenvalue weighted by molar-refractivity contribution is 1.12. The maximum absolute atomic E-state index is 10.1. The normalized spacial score (nSPS) is 11.4. The van der Waals surface area contributed by atoms with E-state index in [0.29, 0.717) is 11.1 Å². The van der Waals surface area contributed by atoms with Crippen LogP contribution in [0.2, 0.25) is 0 Å². The number of nitrogens with zero attached hydrogens (tertiary/aromatic N) is 4. The van der Waals surface area contributed by atoms with Crippen molar-refractivity contribution in [2.45, 2.75) is 13.8 Å². The Morgan fingerprint density at radius 3 is 1.50 bits per heavy atom. The minimum Gasteiger partial charge on any atom is -0.309 e. The van der Waals surface area contributed by atoms with Gasteiger partial charge in [-0.25, -0.2) is 0 Å². The average Bonchev–Trinajstić information content (AvgIpc) is 3.75. The number of hydrogen-bond acceptors (Lipinski definition) is 2. The third-order valence-electron chi connectivity index (χ3n) is 11.2. The maximum atomic E-state index is 10.1. The molecule has 0 saturated heterocycles. The molecule has 2 heterocycles. The minimum absolute atomic E-state index is 0.450. The lowest BCUT2D eigenvalue weighted by atomic mass is 9.97. The molecule has 4 nitrogen and oxygen atoms in total. The van der Waals surface area contributed by atoms with E-state index in [9.17, 15) is 10.5 Å². The molecular weight excluding hydrogens is 681 g/mol. The molecule has 0 aliphatic carbocycles. The van der Waals surface area contributed by atoms with Gasteiger partial charge in [0.1, 0.15) is 0 Å². The van der Waals surface area contributed by atoms with Crippen LogP contribution in [-0.2, 0) is 0 Å². The van der Waals surface area contributed by atoms with Crippen LogP contribution >= 0.6 is 0 Å². The first kappa shape index (κ1) is 32.9. The maximum Gasteiger partial charge on any atom is 0.0992 e. The number of benzene rings is 8. The van der Waals surface area contributed by atoms with E-state index in [-0.39, 0.29) is 0 Å². The fourth-order valence-corrected chi connectivity index (χ4v) is 8.66. The SMILES string of the molecule is Cc1cccc(C)c1-n1c2ccccc2c2cc(-n3c4ccc(-c5ccccc5)cc4c4cc(-c5ccccc5)ccc43)cc(-c3cc(C#N)cc(C#N)c3)c21. The Labute approximate surface area is 325 Å². The second-order valence-electron chi connectivity index (χ2n) is 14.5. The van der Waals surface area contributed by atoms with Crippen molar-refractivity contribution in [2.75, 3.05) is 0 Å². The van der Waals surface area contributed by atoms with Gasteiger partial charge in [-0.3, -0.25) is 0 Å². The Balaban J connectivity index is 1.35. The summed E-state index contributed by atoms with van der Waals surface area (Å²) in [7, 11) is 0. The molecule has 0 atom stereocenters. The number of hydrogen-bond donors (Lipinski definition) is 0. The highest BCUT2D eigenvalue weighted by atomic mass is 15.0. The fraction of sp³-hybridized carbons (Fsp3) is 0.0385. The molecule has 262 valence electrons. The van der Waals surface area contributed by atoms with Gasteiger partial charge in [0.25, 0.3) is 0 Å². The Bertz CT molecular complexity index is 3130. The predicted octanol–water partition coefficient (Wildman–Crippen LogP) is 13.2. The zero-order chi connectivity index (χ0) is 37.9. The van der Waals surface area contributed by atoms with Crippen LogP contribution in [0.1, 0.15) is 22.3 Å². The number of fused-ring (bicyclic) bond motifs is 6. The lowest BCUT2D eigenvalue weighted by Crippen LogP contribution is -2.02. The average molecular weight is 715 g/mol. The number of aromatic nitrogens is 2. The molecule has 0 saturated carbocycles. The van der Waals surface area contributed by atoms with Gasteiger partial charge in [0.2, 0.25) is 0 Å². The Morgan fingerprint density at radius 2 is 0.929 bits per heavy atom. The zero-order valence-electron chi connectivity index (χ0n) is 31.0. The third kappa shape index (κ3) is 5.20. The molecule has 0 spiro atoms. The topological polar surface area (TPSA) is 57.4 Å². The van der Waals surface area contributed by atoms with Gasteiger partial charge in [-0.2, -0.15) is 10.5 Å². The monoisotopic (exact) mass is 714 g/mol. The van der Waals surface area contributed by atoms with Crippen LogP contribution in [0.4, 0.5) is 0 Å². The summed E-state index contributed by atoms with van der Waals surface area (Å²) in [5.41, 5.74) is 16.1. The van der Waals surface area contributed by atoms with E-state index in [2.05, 4.69) is 187 Å². The summed E-state index contributed by atoms with van der Waals surface area (Å²) >= 11 is 0. The first-order valence-electron chi connectivity index (χ1n) is 18.8. The molecule has 0 amide bonds. The summed E-state index contributed by atoms with van der Waals surface area (Å²) in [6.07, 6.45) is 0. The summed E-state index contributed by atoms with van der Waals surface area (Å²) in [6, 6.07) is 64.3. The minimum atomic E-state index is 0.450. The zero-order valence-corrected chi connectivity index (χ0v) is 31.0. The van der Waals surface area contributed by atoms with E-state index < -0.39 is 0 Å². The van der Waals surface area contributed by atoms with Crippen molar-refractivity contribution in [1.29, 1.82) is 10.5 Å². The summed E-state index contributed by atoms with van der Waals surface area (Å²) < 4.78 is 4.76. The molecule has 0 N–H and O–H groups in total. The van der Waals surface area contributed by atoms with E-state index in [4.69, 9.17) is 0 Å². The largest absolute Gasteiger partial charge is 0.309 e. The summed E-state index contributed by atoms with van der Waals surface area (Å²) in [4.78, 5) is 0. The lowest BCUT2D eigenvalue weighted by Gasteiger charge is -2.18. The van der Waals surface area contributed by atoms with Crippen LogP contribution in [0.3, 0.4) is 0 Å². The van der Waals surface area contributed by atoms with Crippen LogP contribution < -0.4 is 0 Å². The molecule has 56 heavy (non-hydrogen) atoms. The molecule has 0 aliphatic rings. The summed E-state index contributed by atoms with van der Waals surface area (Å²) in [6.45, 7) is 4.32. The van der Waals surface area contributed by atoms with Crippen molar-refractivity contribution in [1.82, 2.24) is 9.13 Å². The Hall–Kier alpha value is -7.66. The molecule has 0 fully saturated rings. The molecule has 0 unspecified atom stereocenters. The van der Waals surface area contributed by atoms with Crippen molar-refractivity contribution in [3.63, 3.8) is 0 Å². The van der Waals surface area contributed by atoms with Gasteiger partial charge in [0.15, 0.2) is 0 Å². The quantitative estimate of drug-likeness (QED) is 0.178. The van der Waals surface area contributed by atoms with Gasteiger partial charge >= 0.3 is 0 Å². The fourth-order valence-electron chi connectivity index (χ4n) is 8.66. The highest BCUT2D eigenvalue weighted by Crippen LogP contribution is 2.44. The van der Waals surface area contributed by atoms with Gasteiger partial charge in [0.05, 0.1) is 51.0 Å². The van der Waals surface area contributed by atoms with Gasteiger partial charge < -0.3 is 9.13 Å². The molecule has 10 rings (SSSR count). The Kier molecular flexibility index (Phi) is 7.66. The smallest absolute Gasteiger partial charge is 0.0992 e. The molecule has 2 aromatic heterocycles. The van der Waals surface area contributed by atoms with Gasteiger partial charge in [-0.1, -0.05) is 109 Å². The van der Waals surface area contributed by atoms with Gasteiger partial charge in [-0.05, 0) is 113 Å². The first-order chi connectivity index (χ1) is 27.5. The van der Waals surface area contributed by atoms with Crippen molar-refractivity contribution < 1.29 is 0 Å². The molecule has 0 aliphatic heterocycles. The highest BCUT2D eigenvalue weighted by molar-refractivity contribution is 6.16. The van der Waals surface area contributed by atoms with E-state index in [1.54, 1.807) is 6.07 Å². The Morgan fingerprint density at radius 1 is 0.393 bits per heavy atom. The van der Waals surface area contributed by atoms with E-state index in [0.717, 1.165) is 88.4 Å². The number of nitriles is 2. The van der Waals surface area contributed by atoms with E-state index in [1.165, 1.54) is 11.1 Å². The molecule has 10 aromatic rings. The number of rotatable bonds is 5. The first-order valence-corrected chi connectivity index (χ1v) is 18.8. The van der Waals surface area contributed by atoms with Gasteiger partial charge in [-0.15, -0.1) is 0 Å². The molecule has 0 bridgehead atoms. The van der Waals surface area contributed by atoms with Crippen LogP contribution in [0, 0.1) is 36.5 Å². The third-order valence-corrected chi connectivity index (χ3v) is 11.2. The number of aryl methyl sites for hydroxylation is 2. The van der Waals surface area contributed by atoms with E-state index in [1.807, 2.05) is 12.1 Å². The van der Waals surface area contributed by atoms with Crippen LogP contribution in [0.25, 0.3) is 88.4 Å². The summed E-state index contributed by atoms with van der Waals surface area (Å²) in [5, 5.41) is 24.8. The number of para-hydroxylation sites is 2. The van der Waals surface area contributed by atoms with Crippen LogP contribution in [0.15, 0.2) is 170 Å². The second kappa shape index (κ2) is 13.0. The highest BCUT2D eigenvalue weighted by Gasteiger charge is 2.23. The van der Waals surface area contributed by atoms with Crippen LogP contribution in [0.5, 0.6) is 0 Å². The molecule has 0 radical (unpaired) electrons. The van der Waals surface area contributed by atoms with E-state index >= 15 is 0 Å². The van der Waals surface area contributed by atoms with Crippen molar-refractivity contribution in [3.8, 4) is 56.9 Å². The van der Waals surface area contributed by atoms with Crippen LogP contribution in [-0.4, -0.2) is 9.13 Å². The van der Waals surface area contributed by atoms with Crippen molar-refractivity contribution in [2.24, 2.45) is 0 Å². The van der Waals surface area contributed by atoms with Gasteiger partial charge in [0, 0.05) is 32.8 Å². The van der Waals surface area contributed by atoms with Crippen molar-refractivity contribution >= 4 is 43.6 Å². The molecule has 4 heteroatoms.